The highest BCUT2D eigenvalue weighted by atomic mass is 35.5. The summed E-state index contributed by atoms with van der Waals surface area (Å²) in [5, 5.41) is 2.63. The van der Waals surface area contributed by atoms with Gasteiger partial charge in [0.2, 0.25) is 0 Å². The number of carbonyl (C=O) groups is 1. The van der Waals surface area contributed by atoms with Gasteiger partial charge in [-0.3, -0.25) is 0 Å². The number of rotatable bonds is 1. The van der Waals surface area contributed by atoms with Gasteiger partial charge in [-0.25, -0.2) is 9.18 Å². The number of hydrogen-bond donors (Lipinski definition) is 1. The van der Waals surface area contributed by atoms with Crippen LogP contribution in [-0.2, 0) is 4.74 Å². The molecule has 0 spiro atoms. The van der Waals surface area contributed by atoms with E-state index in [9.17, 15) is 9.18 Å². The lowest BCUT2D eigenvalue weighted by atomic mass is 10.0. The molecular weight excluding hydrogens is 221 g/mol. The van der Waals surface area contributed by atoms with Gasteiger partial charge in [0.1, 0.15) is 5.82 Å². The lowest BCUT2D eigenvalue weighted by molar-refractivity contribution is 0.115. The van der Waals surface area contributed by atoms with Crippen LogP contribution in [0, 0.1) is 5.82 Å². The Hall–Kier alpha value is -1.29. The van der Waals surface area contributed by atoms with E-state index >= 15 is 0 Å². The maximum atomic E-state index is 12.9. The van der Waals surface area contributed by atoms with Crippen LogP contribution in [0.2, 0.25) is 0 Å². The molecule has 1 aliphatic rings. The molecule has 1 N–H and O–H groups in total. The van der Waals surface area contributed by atoms with Crippen molar-refractivity contribution in [2.75, 3.05) is 6.61 Å². The monoisotopic (exact) mass is 231 g/mol. The smallest absolute Gasteiger partial charge is 0.407 e. The number of alkyl carbamates (subject to hydrolysis) is 1. The highest BCUT2D eigenvalue weighted by Gasteiger charge is 2.20. The van der Waals surface area contributed by atoms with E-state index in [2.05, 4.69) is 5.32 Å². The van der Waals surface area contributed by atoms with Crippen LogP contribution in [0.1, 0.15) is 18.0 Å². The number of ether oxygens (including phenoxy) is 1. The third-order valence-electron chi connectivity index (χ3n) is 2.18. The van der Waals surface area contributed by atoms with Gasteiger partial charge < -0.3 is 10.1 Å². The van der Waals surface area contributed by atoms with Gasteiger partial charge in [0.25, 0.3) is 0 Å². The van der Waals surface area contributed by atoms with E-state index in [1.165, 1.54) is 12.1 Å². The average molecular weight is 232 g/mol. The molecule has 1 amide bonds. The van der Waals surface area contributed by atoms with Crippen molar-refractivity contribution in [2.45, 2.75) is 12.5 Å². The second kappa shape index (κ2) is 4.98. The minimum absolute atomic E-state index is 0. The molecule has 1 aromatic rings. The zero-order chi connectivity index (χ0) is 9.97. The van der Waals surface area contributed by atoms with Crippen molar-refractivity contribution in [1.82, 2.24) is 5.32 Å². The second-order valence-electron chi connectivity index (χ2n) is 3.18. The van der Waals surface area contributed by atoms with Gasteiger partial charge in [-0.05, 0) is 17.7 Å². The van der Waals surface area contributed by atoms with E-state index in [0.717, 1.165) is 5.56 Å². The molecule has 0 saturated carbocycles. The van der Waals surface area contributed by atoms with Gasteiger partial charge in [0.05, 0.1) is 12.6 Å². The summed E-state index contributed by atoms with van der Waals surface area (Å²) in [4.78, 5) is 10.9. The molecule has 1 atom stereocenters. The maximum Gasteiger partial charge on any atom is 0.407 e. The van der Waals surface area contributed by atoms with Gasteiger partial charge >= 0.3 is 6.09 Å². The Morgan fingerprint density at radius 1 is 1.47 bits per heavy atom. The molecule has 1 fully saturated rings. The van der Waals surface area contributed by atoms with Crippen LogP contribution in [0.4, 0.5) is 9.18 Å². The summed E-state index contributed by atoms with van der Waals surface area (Å²) in [7, 11) is 0. The van der Waals surface area contributed by atoms with E-state index in [4.69, 9.17) is 4.74 Å². The van der Waals surface area contributed by atoms with Crippen molar-refractivity contribution in [3.05, 3.63) is 35.6 Å². The molecule has 0 bridgehead atoms. The summed E-state index contributed by atoms with van der Waals surface area (Å²) >= 11 is 0. The highest BCUT2D eigenvalue weighted by molar-refractivity contribution is 5.85. The van der Waals surface area contributed by atoms with Crippen molar-refractivity contribution < 1.29 is 13.9 Å². The quantitative estimate of drug-likeness (QED) is 0.806. The molecule has 0 unspecified atom stereocenters. The lowest BCUT2D eigenvalue weighted by Gasteiger charge is -2.23. The normalized spacial score (nSPS) is 19.8. The van der Waals surface area contributed by atoms with Gasteiger partial charge in [-0.15, -0.1) is 12.4 Å². The number of benzene rings is 1. The van der Waals surface area contributed by atoms with Gasteiger partial charge in [-0.1, -0.05) is 12.1 Å². The minimum Gasteiger partial charge on any atom is -0.449 e. The third-order valence-corrected chi connectivity index (χ3v) is 2.18. The summed E-state index contributed by atoms with van der Waals surface area (Å²) in [5.41, 5.74) is 0.779. The standard InChI is InChI=1S/C10H10FNO2.ClH/c11-8-3-1-2-7(6-8)9-4-5-14-10(13)12-9;/h1-3,6,9H,4-5H2,(H,12,13);1H/t9-;/m1./s1. The Labute approximate surface area is 93.0 Å². The molecule has 82 valence electrons. The molecule has 2 rings (SSSR count). The first-order chi connectivity index (χ1) is 6.75. The fourth-order valence-corrected chi connectivity index (χ4v) is 1.50. The third kappa shape index (κ3) is 2.83. The summed E-state index contributed by atoms with van der Waals surface area (Å²) in [5.74, 6) is -0.289. The molecule has 1 saturated heterocycles. The van der Waals surface area contributed by atoms with E-state index in [0.29, 0.717) is 13.0 Å². The SMILES string of the molecule is Cl.O=C1N[C@@H](c2cccc(F)c2)CCO1. The van der Waals surface area contributed by atoms with Crippen LogP contribution in [-0.4, -0.2) is 12.7 Å². The summed E-state index contributed by atoms with van der Waals surface area (Å²) in [6, 6.07) is 6.10. The molecule has 5 heteroatoms. The first-order valence-electron chi connectivity index (χ1n) is 4.44. The molecule has 1 aliphatic heterocycles. The van der Waals surface area contributed by atoms with Crippen LogP contribution in [0.5, 0.6) is 0 Å². The van der Waals surface area contributed by atoms with E-state index in [-0.39, 0.29) is 24.3 Å². The van der Waals surface area contributed by atoms with Crippen LogP contribution >= 0.6 is 12.4 Å². The van der Waals surface area contributed by atoms with Crippen molar-refractivity contribution in [2.24, 2.45) is 0 Å². The summed E-state index contributed by atoms with van der Waals surface area (Å²) in [6.45, 7) is 0.382. The summed E-state index contributed by atoms with van der Waals surface area (Å²) in [6.07, 6.45) is 0.236. The van der Waals surface area contributed by atoms with E-state index in [1.807, 2.05) is 0 Å². The Bertz CT molecular complexity index is 359. The molecule has 3 nitrogen and oxygen atoms in total. The van der Waals surface area contributed by atoms with Crippen LogP contribution in [0.15, 0.2) is 24.3 Å². The topological polar surface area (TPSA) is 38.3 Å². The summed E-state index contributed by atoms with van der Waals surface area (Å²) < 4.78 is 17.6. The number of cyclic esters (lactones) is 1. The van der Waals surface area contributed by atoms with Crippen LogP contribution < -0.4 is 5.32 Å². The zero-order valence-corrected chi connectivity index (χ0v) is 8.72. The number of halogens is 2. The fourth-order valence-electron chi connectivity index (χ4n) is 1.50. The van der Waals surface area contributed by atoms with Crippen molar-refractivity contribution >= 4 is 18.5 Å². The fraction of sp³-hybridized carbons (Fsp3) is 0.300. The predicted octanol–water partition coefficient (Wildman–Crippen LogP) is 2.42. The molecule has 15 heavy (non-hydrogen) atoms. The highest BCUT2D eigenvalue weighted by Crippen LogP contribution is 2.20. The van der Waals surface area contributed by atoms with Crippen LogP contribution in [0.3, 0.4) is 0 Å². The van der Waals surface area contributed by atoms with Gasteiger partial charge in [-0.2, -0.15) is 0 Å². The van der Waals surface area contributed by atoms with Crippen molar-refractivity contribution in [3.8, 4) is 0 Å². The molecule has 0 aromatic heterocycles. The Morgan fingerprint density at radius 3 is 2.93 bits per heavy atom. The largest absolute Gasteiger partial charge is 0.449 e. The minimum atomic E-state index is -0.439. The first-order valence-corrected chi connectivity index (χ1v) is 4.44. The van der Waals surface area contributed by atoms with Crippen molar-refractivity contribution in [3.63, 3.8) is 0 Å². The molecule has 1 aromatic carbocycles. The van der Waals surface area contributed by atoms with Crippen molar-refractivity contribution in [1.29, 1.82) is 0 Å². The number of hydrogen-bond acceptors (Lipinski definition) is 2. The molecule has 1 heterocycles. The van der Waals surface area contributed by atoms with E-state index < -0.39 is 6.09 Å². The molecule has 0 aliphatic carbocycles. The maximum absolute atomic E-state index is 12.9. The predicted molar refractivity (Wildman–Crippen MR) is 55.5 cm³/mol. The van der Waals surface area contributed by atoms with Gasteiger partial charge in [0.15, 0.2) is 0 Å². The Kier molecular flexibility index (Phi) is 3.91. The van der Waals surface area contributed by atoms with Crippen LogP contribution in [0.25, 0.3) is 0 Å². The van der Waals surface area contributed by atoms with Gasteiger partial charge in [0, 0.05) is 6.42 Å². The Balaban J connectivity index is 0.00000112. The molecular formula is C10H11ClFNO2. The molecule has 0 radical (unpaired) electrons. The Morgan fingerprint density at radius 2 is 2.27 bits per heavy atom. The number of carbonyl (C=O) groups excluding carboxylic acids is 1. The second-order valence-corrected chi connectivity index (χ2v) is 3.18. The number of amides is 1. The average Bonchev–Trinajstić information content (AvgIpc) is 2.18. The number of nitrogens with one attached hydrogen (secondary N) is 1. The lowest BCUT2D eigenvalue weighted by Crippen LogP contribution is -2.35. The van der Waals surface area contributed by atoms with E-state index in [1.54, 1.807) is 12.1 Å². The zero-order valence-electron chi connectivity index (χ0n) is 7.90. The first kappa shape index (κ1) is 11.8.